The van der Waals surface area contributed by atoms with Crippen LogP contribution in [0.1, 0.15) is 32.8 Å². The summed E-state index contributed by atoms with van der Waals surface area (Å²) >= 11 is 3.42. The Morgan fingerprint density at radius 1 is 1.21 bits per heavy atom. The Morgan fingerprint density at radius 2 is 1.94 bits per heavy atom. The van der Waals surface area contributed by atoms with Crippen LogP contribution >= 0.6 is 15.9 Å². The largest absolute Gasteiger partial charge is 0.490 e. The van der Waals surface area contributed by atoms with Crippen molar-refractivity contribution < 1.29 is 24.0 Å². The average molecular weight is 522 g/mol. The lowest BCUT2D eigenvalue weighted by Crippen LogP contribution is -2.50. The van der Waals surface area contributed by atoms with Gasteiger partial charge in [-0.3, -0.25) is 19.7 Å². The van der Waals surface area contributed by atoms with E-state index in [0.29, 0.717) is 0 Å². The zero-order valence-corrected chi connectivity index (χ0v) is 20.6. The Hall–Kier alpha value is -3.14. The van der Waals surface area contributed by atoms with Crippen molar-refractivity contribution in [2.75, 3.05) is 13.7 Å². The number of carbonyl (C=O) groups excluding carboxylic acids is 2. The number of nitro benzene ring substituents is 1. The molecule has 0 saturated carbocycles. The molecule has 2 atom stereocenters. The second kappa shape index (κ2) is 12.2. The van der Waals surface area contributed by atoms with Crippen molar-refractivity contribution in [2.24, 2.45) is 0 Å². The molecule has 0 bridgehead atoms. The van der Waals surface area contributed by atoms with Gasteiger partial charge in [-0.25, -0.2) is 0 Å². The van der Waals surface area contributed by atoms with Gasteiger partial charge in [0.15, 0.2) is 6.61 Å². The first kappa shape index (κ1) is 26.1. The number of nitrogens with one attached hydrogen (secondary N) is 1. The minimum Gasteiger partial charge on any atom is -0.490 e. The van der Waals surface area contributed by atoms with Crippen LogP contribution in [0.3, 0.4) is 0 Å². The molecule has 0 spiro atoms. The van der Waals surface area contributed by atoms with E-state index in [2.05, 4.69) is 21.2 Å². The van der Waals surface area contributed by atoms with E-state index in [0.717, 1.165) is 16.5 Å². The standard InChI is InChI=1S/C23H28BrN3O6/c1-5-15(2)25-23(29)16(3)26(13-17-7-6-8-18(24)11-17)22(28)14-33-19-9-10-20(27(30)31)21(12-19)32-4/h6-12,15-16H,5,13-14H2,1-4H3,(H,25,29)/t15-,16-/m0/s1. The monoisotopic (exact) mass is 521 g/mol. The van der Waals surface area contributed by atoms with Crippen LogP contribution in [0.25, 0.3) is 0 Å². The van der Waals surface area contributed by atoms with Gasteiger partial charge in [0.2, 0.25) is 11.7 Å². The number of nitrogens with zero attached hydrogens (tertiary/aromatic N) is 2. The minimum atomic E-state index is -0.736. The van der Waals surface area contributed by atoms with Crippen LogP contribution in [-0.2, 0) is 16.1 Å². The molecule has 1 N–H and O–H groups in total. The van der Waals surface area contributed by atoms with Gasteiger partial charge in [-0.15, -0.1) is 0 Å². The summed E-state index contributed by atoms with van der Waals surface area (Å²) in [5.41, 5.74) is 0.640. The zero-order chi connectivity index (χ0) is 24.5. The highest BCUT2D eigenvalue weighted by atomic mass is 79.9. The van der Waals surface area contributed by atoms with Gasteiger partial charge < -0.3 is 19.7 Å². The number of ether oxygens (including phenoxy) is 2. The van der Waals surface area contributed by atoms with E-state index in [-0.39, 0.29) is 42.3 Å². The third-order valence-electron chi connectivity index (χ3n) is 5.12. The van der Waals surface area contributed by atoms with Crippen molar-refractivity contribution in [3.05, 3.63) is 62.6 Å². The first-order valence-electron chi connectivity index (χ1n) is 10.5. The number of nitro groups is 1. The SMILES string of the molecule is CC[C@H](C)NC(=O)[C@H](C)N(Cc1cccc(Br)c1)C(=O)COc1ccc([N+](=O)[O-])c(OC)c1. The van der Waals surface area contributed by atoms with Crippen LogP contribution in [0.2, 0.25) is 0 Å². The quantitative estimate of drug-likeness (QED) is 0.352. The Labute approximate surface area is 201 Å². The van der Waals surface area contributed by atoms with Gasteiger partial charge in [0.1, 0.15) is 11.8 Å². The van der Waals surface area contributed by atoms with Crippen molar-refractivity contribution in [2.45, 2.75) is 45.8 Å². The molecular weight excluding hydrogens is 494 g/mol. The number of hydrogen-bond acceptors (Lipinski definition) is 6. The molecule has 0 saturated heterocycles. The van der Waals surface area contributed by atoms with Crippen LogP contribution in [0.4, 0.5) is 5.69 Å². The second-order valence-corrected chi connectivity index (χ2v) is 8.44. The lowest BCUT2D eigenvalue weighted by molar-refractivity contribution is -0.385. The topological polar surface area (TPSA) is 111 Å². The fraction of sp³-hybridized carbons (Fsp3) is 0.391. The van der Waals surface area contributed by atoms with Gasteiger partial charge in [-0.05, 0) is 44.0 Å². The Kier molecular flexibility index (Phi) is 9.65. The molecule has 2 aromatic carbocycles. The molecule has 0 aliphatic carbocycles. The van der Waals surface area contributed by atoms with E-state index in [9.17, 15) is 19.7 Å². The van der Waals surface area contributed by atoms with Gasteiger partial charge >= 0.3 is 5.69 Å². The molecule has 0 unspecified atom stereocenters. The maximum absolute atomic E-state index is 13.1. The molecule has 2 amide bonds. The Bertz CT molecular complexity index is 1000. The van der Waals surface area contributed by atoms with E-state index in [1.165, 1.54) is 30.2 Å². The van der Waals surface area contributed by atoms with Crippen molar-refractivity contribution in [1.82, 2.24) is 10.2 Å². The van der Waals surface area contributed by atoms with Crippen LogP contribution in [-0.4, -0.2) is 47.4 Å². The summed E-state index contributed by atoms with van der Waals surface area (Å²) < 4.78 is 11.5. The fourth-order valence-corrected chi connectivity index (χ4v) is 3.45. The average Bonchev–Trinajstić information content (AvgIpc) is 2.80. The first-order valence-corrected chi connectivity index (χ1v) is 11.2. The third kappa shape index (κ3) is 7.45. The number of amides is 2. The summed E-state index contributed by atoms with van der Waals surface area (Å²) in [4.78, 5) is 37.8. The molecular formula is C23H28BrN3O6. The van der Waals surface area contributed by atoms with E-state index < -0.39 is 16.9 Å². The minimum absolute atomic E-state index is 0.0217. The first-order chi connectivity index (χ1) is 15.7. The van der Waals surface area contributed by atoms with E-state index in [1.807, 2.05) is 38.1 Å². The number of halogens is 1. The molecule has 0 aromatic heterocycles. The second-order valence-electron chi connectivity index (χ2n) is 7.52. The molecule has 2 rings (SSSR count). The molecule has 0 aliphatic rings. The van der Waals surface area contributed by atoms with Crippen LogP contribution in [0.15, 0.2) is 46.9 Å². The number of benzene rings is 2. The van der Waals surface area contributed by atoms with E-state index in [4.69, 9.17) is 9.47 Å². The number of carbonyl (C=O) groups is 2. The third-order valence-corrected chi connectivity index (χ3v) is 5.61. The van der Waals surface area contributed by atoms with Gasteiger partial charge in [0, 0.05) is 29.2 Å². The molecule has 2 aromatic rings. The summed E-state index contributed by atoms with van der Waals surface area (Å²) in [5, 5.41) is 14.0. The van der Waals surface area contributed by atoms with Crippen molar-refractivity contribution in [1.29, 1.82) is 0 Å². The van der Waals surface area contributed by atoms with Gasteiger partial charge in [0.25, 0.3) is 5.91 Å². The highest BCUT2D eigenvalue weighted by Gasteiger charge is 2.27. The van der Waals surface area contributed by atoms with Crippen molar-refractivity contribution >= 4 is 33.4 Å². The van der Waals surface area contributed by atoms with E-state index in [1.54, 1.807) is 6.92 Å². The summed E-state index contributed by atoms with van der Waals surface area (Å²) in [6, 6.07) is 10.7. The normalized spacial score (nSPS) is 12.4. The number of methoxy groups -OCH3 is 1. The fourth-order valence-electron chi connectivity index (χ4n) is 3.01. The zero-order valence-electron chi connectivity index (χ0n) is 19.0. The number of rotatable bonds is 11. The van der Waals surface area contributed by atoms with Crippen molar-refractivity contribution in [3.8, 4) is 11.5 Å². The molecule has 0 aliphatic heterocycles. The van der Waals surface area contributed by atoms with E-state index >= 15 is 0 Å². The smallest absolute Gasteiger partial charge is 0.311 e. The summed E-state index contributed by atoms with van der Waals surface area (Å²) in [6.45, 7) is 5.39. The molecule has 10 heteroatoms. The van der Waals surface area contributed by atoms with Gasteiger partial charge in [0.05, 0.1) is 12.0 Å². The van der Waals surface area contributed by atoms with Crippen LogP contribution in [0, 0.1) is 10.1 Å². The van der Waals surface area contributed by atoms with Crippen LogP contribution in [0.5, 0.6) is 11.5 Å². The molecule has 0 fully saturated rings. The van der Waals surface area contributed by atoms with Gasteiger partial charge in [-0.2, -0.15) is 0 Å². The van der Waals surface area contributed by atoms with Crippen molar-refractivity contribution in [3.63, 3.8) is 0 Å². The summed E-state index contributed by atoms with van der Waals surface area (Å²) in [7, 11) is 1.31. The molecule has 33 heavy (non-hydrogen) atoms. The Morgan fingerprint density at radius 3 is 2.55 bits per heavy atom. The lowest BCUT2D eigenvalue weighted by atomic mass is 10.1. The highest BCUT2D eigenvalue weighted by molar-refractivity contribution is 9.10. The maximum atomic E-state index is 13.1. The molecule has 0 heterocycles. The van der Waals surface area contributed by atoms with Gasteiger partial charge in [-0.1, -0.05) is 35.0 Å². The summed E-state index contributed by atoms with van der Waals surface area (Å²) in [6.07, 6.45) is 0.767. The van der Waals surface area contributed by atoms with Crippen LogP contribution < -0.4 is 14.8 Å². The highest BCUT2D eigenvalue weighted by Crippen LogP contribution is 2.30. The molecule has 0 radical (unpaired) electrons. The Balaban J connectivity index is 2.20. The number of hydrogen-bond donors (Lipinski definition) is 1. The predicted octanol–water partition coefficient (Wildman–Crippen LogP) is 4.08. The summed E-state index contributed by atoms with van der Waals surface area (Å²) in [5.74, 6) is -0.397. The molecule has 9 nitrogen and oxygen atoms in total. The lowest BCUT2D eigenvalue weighted by Gasteiger charge is -2.29. The maximum Gasteiger partial charge on any atom is 0.311 e. The predicted molar refractivity (Wildman–Crippen MR) is 127 cm³/mol. The molecule has 178 valence electrons.